The van der Waals surface area contributed by atoms with Crippen LogP contribution in [0.25, 0.3) is 10.9 Å². The van der Waals surface area contributed by atoms with Gasteiger partial charge in [-0.2, -0.15) is 0 Å². The van der Waals surface area contributed by atoms with Crippen molar-refractivity contribution >= 4 is 16.8 Å². The lowest BCUT2D eigenvalue weighted by atomic mass is 9.87. The van der Waals surface area contributed by atoms with Gasteiger partial charge >= 0.3 is 0 Å². The second kappa shape index (κ2) is 9.77. The average molecular weight is 422 g/mol. The lowest BCUT2D eigenvalue weighted by Gasteiger charge is -2.19. The van der Waals surface area contributed by atoms with Crippen molar-refractivity contribution in [3.05, 3.63) is 70.3 Å². The Labute approximate surface area is 183 Å². The topological polar surface area (TPSA) is 73.2 Å². The second-order valence-corrected chi connectivity index (χ2v) is 8.77. The molecule has 3 aromatic rings. The number of para-hydroxylation sites is 1. The van der Waals surface area contributed by atoms with Gasteiger partial charge in [0, 0.05) is 13.5 Å². The smallest absolute Gasteiger partial charge is 0.261 e. The van der Waals surface area contributed by atoms with Crippen LogP contribution in [0.2, 0.25) is 0 Å². The average Bonchev–Trinajstić information content (AvgIpc) is 2.75. The van der Waals surface area contributed by atoms with Crippen molar-refractivity contribution in [2.45, 2.75) is 52.0 Å². The van der Waals surface area contributed by atoms with Gasteiger partial charge in [-0.05, 0) is 48.1 Å². The number of nitrogens with zero attached hydrogens (tertiary/aromatic N) is 2. The van der Waals surface area contributed by atoms with Crippen molar-refractivity contribution in [3.63, 3.8) is 0 Å². The molecule has 0 spiro atoms. The fraction of sp³-hybridized carbons (Fsp3) is 0.400. The van der Waals surface area contributed by atoms with Gasteiger partial charge in [-0.1, -0.05) is 45.0 Å². The van der Waals surface area contributed by atoms with E-state index in [4.69, 9.17) is 4.74 Å². The van der Waals surface area contributed by atoms with E-state index >= 15 is 0 Å². The highest BCUT2D eigenvalue weighted by atomic mass is 16.5. The third-order valence-corrected chi connectivity index (χ3v) is 5.31. The van der Waals surface area contributed by atoms with Crippen LogP contribution < -0.4 is 15.6 Å². The normalized spacial score (nSPS) is 11.5. The summed E-state index contributed by atoms with van der Waals surface area (Å²) in [5.74, 6) is 1.33. The number of amides is 1. The molecule has 0 bridgehead atoms. The molecule has 6 nitrogen and oxygen atoms in total. The number of ether oxygens (including phenoxy) is 1. The Hall–Kier alpha value is -3.15. The molecule has 1 aromatic heterocycles. The number of unbranched alkanes of at least 4 members (excludes halogenated alkanes) is 1. The Morgan fingerprint density at radius 1 is 1.06 bits per heavy atom. The molecule has 0 radical (unpaired) electrons. The second-order valence-electron chi connectivity index (χ2n) is 8.77. The van der Waals surface area contributed by atoms with Crippen LogP contribution >= 0.6 is 0 Å². The Morgan fingerprint density at radius 3 is 2.48 bits per heavy atom. The fourth-order valence-corrected chi connectivity index (χ4v) is 3.32. The molecule has 164 valence electrons. The van der Waals surface area contributed by atoms with E-state index in [1.165, 1.54) is 10.1 Å². The summed E-state index contributed by atoms with van der Waals surface area (Å²) in [6.07, 6.45) is 1.94. The molecule has 2 aromatic carbocycles. The van der Waals surface area contributed by atoms with Crippen LogP contribution in [-0.2, 0) is 23.8 Å². The van der Waals surface area contributed by atoms with Gasteiger partial charge < -0.3 is 10.1 Å². The lowest BCUT2D eigenvalue weighted by Crippen LogP contribution is -2.29. The van der Waals surface area contributed by atoms with Crippen molar-refractivity contribution in [2.24, 2.45) is 7.05 Å². The van der Waals surface area contributed by atoms with Crippen LogP contribution in [-0.4, -0.2) is 22.1 Å². The number of carbonyl (C=O) groups excluding carboxylic acids is 1. The zero-order valence-corrected chi connectivity index (χ0v) is 18.8. The summed E-state index contributed by atoms with van der Waals surface area (Å²) in [5.41, 5.74) is 1.93. The summed E-state index contributed by atoms with van der Waals surface area (Å²) >= 11 is 0. The third-order valence-electron chi connectivity index (χ3n) is 5.31. The molecule has 6 heteroatoms. The van der Waals surface area contributed by atoms with Crippen LogP contribution in [0.1, 0.15) is 51.4 Å². The molecule has 0 unspecified atom stereocenters. The highest BCUT2D eigenvalue weighted by Gasteiger charge is 2.13. The van der Waals surface area contributed by atoms with E-state index in [1.54, 1.807) is 19.2 Å². The van der Waals surface area contributed by atoms with Crippen molar-refractivity contribution in [3.8, 4) is 5.75 Å². The highest BCUT2D eigenvalue weighted by Crippen LogP contribution is 2.24. The number of carbonyl (C=O) groups is 1. The maximum Gasteiger partial charge on any atom is 0.261 e. The number of hydrogen-bond acceptors (Lipinski definition) is 4. The molecule has 3 rings (SSSR count). The van der Waals surface area contributed by atoms with Crippen molar-refractivity contribution in [1.29, 1.82) is 0 Å². The first-order valence-corrected chi connectivity index (χ1v) is 10.7. The third kappa shape index (κ3) is 5.94. The van der Waals surface area contributed by atoms with Crippen LogP contribution in [0.4, 0.5) is 0 Å². The van der Waals surface area contributed by atoms with Crippen molar-refractivity contribution in [2.75, 3.05) is 6.61 Å². The Balaban J connectivity index is 1.41. The molecule has 0 atom stereocenters. The van der Waals surface area contributed by atoms with E-state index in [0.29, 0.717) is 29.8 Å². The Kier molecular flexibility index (Phi) is 7.10. The number of benzene rings is 2. The molecule has 0 saturated heterocycles. The molecule has 0 fully saturated rings. The van der Waals surface area contributed by atoms with Gasteiger partial charge in [-0.25, -0.2) is 4.98 Å². The van der Waals surface area contributed by atoms with Gasteiger partial charge in [-0.3, -0.25) is 14.2 Å². The van der Waals surface area contributed by atoms with Gasteiger partial charge in [0.05, 0.1) is 24.1 Å². The summed E-state index contributed by atoms with van der Waals surface area (Å²) in [4.78, 5) is 29.1. The quantitative estimate of drug-likeness (QED) is 0.556. The number of nitrogens with one attached hydrogen (secondary N) is 1. The maximum absolute atomic E-state index is 12.4. The first-order chi connectivity index (χ1) is 14.8. The zero-order chi connectivity index (χ0) is 22.4. The molecule has 1 amide bonds. The minimum Gasteiger partial charge on any atom is -0.494 e. The number of aromatic nitrogens is 2. The van der Waals surface area contributed by atoms with E-state index in [0.717, 1.165) is 18.6 Å². The number of rotatable bonds is 8. The maximum atomic E-state index is 12.4. The molecular weight excluding hydrogens is 390 g/mol. The van der Waals surface area contributed by atoms with Crippen molar-refractivity contribution < 1.29 is 9.53 Å². The molecular formula is C25H31N3O3. The number of fused-ring (bicyclic) bond motifs is 1. The van der Waals surface area contributed by atoms with E-state index in [9.17, 15) is 9.59 Å². The van der Waals surface area contributed by atoms with Crippen molar-refractivity contribution in [1.82, 2.24) is 14.9 Å². The molecule has 1 N–H and O–H groups in total. The summed E-state index contributed by atoms with van der Waals surface area (Å²) < 4.78 is 7.26. The van der Waals surface area contributed by atoms with Gasteiger partial charge in [-0.15, -0.1) is 0 Å². The SMILES string of the molecule is Cn1c(CNC(=O)CCCCOc2ccc(C(C)(C)C)cc2)nc2ccccc2c1=O. The van der Waals surface area contributed by atoms with Crippen LogP contribution in [0.5, 0.6) is 5.75 Å². The summed E-state index contributed by atoms with van der Waals surface area (Å²) in [6, 6.07) is 15.4. The van der Waals surface area contributed by atoms with E-state index in [-0.39, 0.29) is 23.4 Å². The molecule has 0 aliphatic carbocycles. The van der Waals surface area contributed by atoms with E-state index in [1.807, 2.05) is 24.3 Å². The minimum atomic E-state index is -0.109. The van der Waals surface area contributed by atoms with Crippen LogP contribution in [0, 0.1) is 0 Å². The molecule has 0 aliphatic rings. The largest absolute Gasteiger partial charge is 0.494 e. The summed E-state index contributed by atoms with van der Waals surface area (Å²) in [5, 5.41) is 3.44. The predicted molar refractivity (Wildman–Crippen MR) is 123 cm³/mol. The van der Waals surface area contributed by atoms with E-state index in [2.05, 4.69) is 43.2 Å². The highest BCUT2D eigenvalue weighted by molar-refractivity contribution is 5.78. The first-order valence-electron chi connectivity index (χ1n) is 10.7. The van der Waals surface area contributed by atoms with Crippen LogP contribution in [0.15, 0.2) is 53.3 Å². The minimum absolute atomic E-state index is 0.0584. The fourth-order valence-electron chi connectivity index (χ4n) is 3.32. The van der Waals surface area contributed by atoms with Gasteiger partial charge in [0.1, 0.15) is 11.6 Å². The van der Waals surface area contributed by atoms with E-state index < -0.39 is 0 Å². The van der Waals surface area contributed by atoms with Gasteiger partial charge in [0.15, 0.2) is 0 Å². The summed E-state index contributed by atoms with van der Waals surface area (Å²) in [6.45, 7) is 7.35. The Bertz CT molecular complexity index is 1100. The molecule has 1 heterocycles. The molecule has 31 heavy (non-hydrogen) atoms. The first kappa shape index (κ1) is 22.5. The lowest BCUT2D eigenvalue weighted by molar-refractivity contribution is -0.121. The van der Waals surface area contributed by atoms with Crippen LogP contribution in [0.3, 0.4) is 0 Å². The number of hydrogen-bond donors (Lipinski definition) is 1. The van der Waals surface area contributed by atoms with Gasteiger partial charge in [0.25, 0.3) is 5.56 Å². The molecule has 0 saturated carbocycles. The zero-order valence-electron chi connectivity index (χ0n) is 18.8. The monoisotopic (exact) mass is 421 g/mol. The standard InChI is InChI=1S/C25H31N3O3/c1-25(2,3)18-12-14-19(15-13-18)31-16-8-7-11-23(29)26-17-22-27-21-10-6-5-9-20(21)24(30)28(22)4/h5-6,9-10,12-15H,7-8,11,16-17H2,1-4H3,(H,26,29). The predicted octanol–water partition coefficient (Wildman–Crippen LogP) is 4.10. The molecule has 0 aliphatic heterocycles. The summed E-state index contributed by atoms with van der Waals surface area (Å²) in [7, 11) is 1.68. The van der Waals surface area contributed by atoms with Gasteiger partial charge in [0.2, 0.25) is 5.91 Å². The Morgan fingerprint density at radius 2 is 1.77 bits per heavy atom.